The SMILES string of the molecule is ClCc1c(Cl)ncnc1Oc1cnc2ccccc2c1. The molecule has 0 radical (unpaired) electrons. The molecule has 0 N–H and O–H groups in total. The van der Waals surface area contributed by atoms with Crippen molar-refractivity contribution in [3.63, 3.8) is 0 Å². The highest BCUT2D eigenvalue weighted by Gasteiger charge is 2.11. The van der Waals surface area contributed by atoms with Crippen molar-refractivity contribution < 1.29 is 4.74 Å². The van der Waals surface area contributed by atoms with Gasteiger partial charge in [0.25, 0.3) is 0 Å². The molecule has 2 heterocycles. The van der Waals surface area contributed by atoms with Crippen LogP contribution in [0.15, 0.2) is 42.9 Å². The number of hydrogen-bond acceptors (Lipinski definition) is 4. The summed E-state index contributed by atoms with van der Waals surface area (Å²) in [5, 5.41) is 1.27. The molecule has 100 valence electrons. The van der Waals surface area contributed by atoms with E-state index in [9.17, 15) is 0 Å². The minimum absolute atomic E-state index is 0.177. The van der Waals surface area contributed by atoms with Crippen molar-refractivity contribution >= 4 is 34.1 Å². The average Bonchev–Trinajstić information content (AvgIpc) is 2.47. The molecule has 0 fully saturated rings. The van der Waals surface area contributed by atoms with Gasteiger partial charge in [0.2, 0.25) is 5.88 Å². The monoisotopic (exact) mass is 305 g/mol. The second-order valence-corrected chi connectivity index (χ2v) is 4.67. The van der Waals surface area contributed by atoms with Crippen molar-refractivity contribution in [3.8, 4) is 11.6 Å². The Morgan fingerprint density at radius 2 is 1.95 bits per heavy atom. The summed E-state index contributed by atoms with van der Waals surface area (Å²) in [6.45, 7) is 0. The first-order valence-electron chi connectivity index (χ1n) is 5.86. The van der Waals surface area contributed by atoms with Crippen LogP contribution in [0.5, 0.6) is 11.6 Å². The Bertz CT molecular complexity index is 764. The minimum Gasteiger partial charge on any atom is -0.437 e. The summed E-state index contributed by atoms with van der Waals surface area (Å²) in [6, 6.07) is 9.66. The number of fused-ring (bicyclic) bond motifs is 1. The Balaban J connectivity index is 1.99. The third-order valence-electron chi connectivity index (χ3n) is 2.77. The number of alkyl halides is 1. The number of aromatic nitrogens is 3. The van der Waals surface area contributed by atoms with E-state index in [-0.39, 0.29) is 5.88 Å². The first kappa shape index (κ1) is 13.1. The maximum Gasteiger partial charge on any atom is 0.228 e. The van der Waals surface area contributed by atoms with E-state index in [1.165, 1.54) is 6.33 Å². The standard InChI is InChI=1S/C14H9Cl2N3O/c15-6-11-13(16)18-8-19-14(11)20-10-5-9-3-1-2-4-12(9)17-7-10/h1-5,7-8H,6H2. The molecule has 1 aromatic carbocycles. The number of pyridine rings is 1. The maximum absolute atomic E-state index is 5.96. The van der Waals surface area contributed by atoms with Crippen LogP contribution in [0.1, 0.15) is 5.56 Å². The van der Waals surface area contributed by atoms with Crippen LogP contribution in [-0.2, 0) is 5.88 Å². The molecule has 6 heteroatoms. The van der Waals surface area contributed by atoms with E-state index < -0.39 is 0 Å². The van der Waals surface area contributed by atoms with Crippen LogP contribution in [0.3, 0.4) is 0 Å². The largest absolute Gasteiger partial charge is 0.437 e. The second kappa shape index (κ2) is 5.61. The lowest BCUT2D eigenvalue weighted by molar-refractivity contribution is 0.455. The van der Waals surface area contributed by atoms with Gasteiger partial charge in [-0.05, 0) is 12.1 Å². The molecule has 0 spiro atoms. The highest BCUT2D eigenvalue weighted by atomic mass is 35.5. The first-order chi connectivity index (χ1) is 9.78. The number of hydrogen-bond donors (Lipinski definition) is 0. The van der Waals surface area contributed by atoms with Crippen LogP contribution >= 0.6 is 23.2 Å². The molecule has 20 heavy (non-hydrogen) atoms. The molecule has 3 rings (SSSR count). The van der Waals surface area contributed by atoms with Gasteiger partial charge >= 0.3 is 0 Å². The first-order valence-corrected chi connectivity index (χ1v) is 6.77. The number of nitrogens with zero attached hydrogens (tertiary/aromatic N) is 3. The Morgan fingerprint density at radius 1 is 1.10 bits per heavy atom. The van der Waals surface area contributed by atoms with Crippen LogP contribution < -0.4 is 4.74 Å². The van der Waals surface area contributed by atoms with Crippen LogP contribution in [0.25, 0.3) is 10.9 Å². The molecule has 0 aliphatic carbocycles. The molecule has 2 aromatic heterocycles. The van der Waals surface area contributed by atoms with Gasteiger partial charge in [0.15, 0.2) is 0 Å². The molecule has 0 aliphatic rings. The topological polar surface area (TPSA) is 47.9 Å². The summed E-state index contributed by atoms with van der Waals surface area (Å²) in [5.41, 5.74) is 1.46. The van der Waals surface area contributed by atoms with E-state index >= 15 is 0 Å². The molecule has 0 saturated carbocycles. The average molecular weight is 306 g/mol. The lowest BCUT2D eigenvalue weighted by Gasteiger charge is -2.09. The van der Waals surface area contributed by atoms with Gasteiger partial charge in [0.1, 0.15) is 17.2 Å². The third kappa shape index (κ3) is 2.53. The lowest BCUT2D eigenvalue weighted by Crippen LogP contribution is -1.96. The van der Waals surface area contributed by atoms with Gasteiger partial charge in [-0.3, -0.25) is 4.98 Å². The fraction of sp³-hybridized carbons (Fsp3) is 0.0714. The highest BCUT2D eigenvalue weighted by molar-refractivity contribution is 6.31. The smallest absolute Gasteiger partial charge is 0.228 e. The minimum atomic E-state index is 0.177. The Morgan fingerprint density at radius 3 is 2.80 bits per heavy atom. The van der Waals surface area contributed by atoms with E-state index in [1.54, 1.807) is 6.20 Å². The van der Waals surface area contributed by atoms with Gasteiger partial charge in [0, 0.05) is 5.39 Å². The van der Waals surface area contributed by atoms with Gasteiger partial charge in [-0.1, -0.05) is 29.8 Å². The van der Waals surface area contributed by atoms with Crippen molar-refractivity contribution in [2.24, 2.45) is 0 Å². The zero-order valence-corrected chi connectivity index (χ0v) is 11.8. The van der Waals surface area contributed by atoms with E-state index in [0.717, 1.165) is 10.9 Å². The fourth-order valence-electron chi connectivity index (χ4n) is 1.79. The highest BCUT2D eigenvalue weighted by Crippen LogP contribution is 2.29. The van der Waals surface area contributed by atoms with Crippen molar-refractivity contribution in [3.05, 3.63) is 53.6 Å². The van der Waals surface area contributed by atoms with E-state index in [4.69, 9.17) is 27.9 Å². The molecule has 0 unspecified atom stereocenters. The predicted molar refractivity (Wildman–Crippen MR) is 78.4 cm³/mol. The molecule has 0 aliphatic heterocycles. The van der Waals surface area contributed by atoms with E-state index in [1.807, 2.05) is 30.3 Å². The Hall–Kier alpha value is -1.91. The molecule has 0 atom stereocenters. The number of para-hydroxylation sites is 1. The predicted octanol–water partition coefficient (Wildman–Crippen LogP) is 4.21. The molecule has 0 saturated heterocycles. The molecular weight excluding hydrogens is 297 g/mol. The van der Waals surface area contributed by atoms with Gasteiger partial charge < -0.3 is 4.74 Å². The van der Waals surface area contributed by atoms with E-state index in [0.29, 0.717) is 22.3 Å². The summed E-state index contributed by atoms with van der Waals surface area (Å²) in [6.07, 6.45) is 2.97. The normalized spacial score (nSPS) is 10.7. The fourth-order valence-corrected chi connectivity index (χ4v) is 2.30. The van der Waals surface area contributed by atoms with Crippen LogP contribution in [-0.4, -0.2) is 15.0 Å². The second-order valence-electron chi connectivity index (χ2n) is 4.05. The van der Waals surface area contributed by atoms with E-state index in [2.05, 4.69) is 15.0 Å². The number of halogens is 2. The van der Waals surface area contributed by atoms with Crippen molar-refractivity contribution in [1.29, 1.82) is 0 Å². The maximum atomic E-state index is 5.96. The number of rotatable bonds is 3. The Labute approximate surface area is 125 Å². The van der Waals surface area contributed by atoms with Crippen LogP contribution in [0.2, 0.25) is 5.15 Å². The van der Waals surface area contributed by atoms with Crippen LogP contribution in [0.4, 0.5) is 0 Å². The molecule has 0 bridgehead atoms. The van der Waals surface area contributed by atoms with Gasteiger partial charge in [-0.2, -0.15) is 0 Å². The van der Waals surface area contributed by atoms with Gasteiger partial charge in [-0.25, -0.2) is 9.97 Å². The third-order valence-corrected chi connectivity index (χ3v) is 3.36. The van der Waals surface area contributed by atoms with Crippen LogP contribution in [0, 0.1) is 0 Å². The Kier molecular flexibility index (Phi) is 3.67. The summed E-state index contributed by atoms with van der Waals surface area (Å²) in [5.74, 6) is 1.10. The van der Waals surface area contributed by atoms with Crippen molar-refractivity contribution in [1.82, 2.24) is 15.0 Å². The summed E-state index contributed by atoms with van der Waals surface area (Å²) < 4.78 is 5.71. The zero-order chi connectivity index (χ0) is 13.9. The summed E-state index contributed by atoms with van der Waals surface area (Å²) in [7, 11) is 0. The molecule has 0 amide bonds. The number of benzene rings is 1. The lowest BCUT2D eigenvalue weighted by atomic mass is 10.2. The summed E-state index contributed by atoms with van der Waals surface area (Å²) >= 11 is 11.8. The summed E-state index contributed by atoms with van der Waals surface area (Å²) in [4.78, 5) is 12.3. The van der Waals surface area contributed by atoms with Crippen molar-refractivity contribution in [2.75, 3.05) is 0 Å². The van der Waals surface area contributed by atoms with Crippen molar-refractivity contribution in [2.45, 2.75) is 5.88 Å². The molecular formula is C14H9Cl2N3O. The quantitative estimate of drug-likeness (QED) is 0.537. The molecule has 4 nitrogen and oxygen atoms in total. The zero-order valence-electron chi connectivity index (χ0n) is 10.3. The van der Waals surface area contributed by atoms with Gasteiger partial charge in [0.05, 0.1) is 23.2 Å². The number of ether oxygens (including phenoxy) is 1. The van der Waals surface area contributed by atoms with Gasteiger partial charge in [-0.15, -0.1) is 11.6 Å². The molecule has 3 aromatic rings.